The zero-order valence-corrected chi connectivity index (χ0v) is 9.40. The molecule has 0 bridgehead atoms. The van der Waals surface area contributed by atoms with E-state index in [0.29, 0.717) is 17.4 Å². The minimum atomic E-state index is -0.514. The molecule has 0 saturated heterocycles. The Morgan fingerprint density at radius 3 is 2.50 bits per heavy atom. The molecule has 0 fully saturated rings. The Kier molecular flexibility index (Phi) is 3.81. The second-order valence-electron chi connectivity index (χ2n) is 3.76. The van der Waals surface area contributed by atoms with Gasteiger partial charge in [0.25, 0.3) is 0 Å². The molecule has 0 atom stereocenters. The lowest BCUT2D eigenvalue weighted by molar-refractivity contribution is 0.561. The van der Waals surface area contributed by atoms with Crippen LogP contribution in [0, 0.1) is 18.7 Å². The molecule has 2 nitrogen and oxygen atoms in total. The molecular weight excluding hydrogens is 203 g/mol. The fourth-order valence-corrected chi connectivity index (χ4v) is 1.34. The molecule has 0 N–H and O–H groups in total. The highest BCUT2D eigenvalue weighted by Gasteiger charge is 2.09. The predicted molar refractivity (Wildman–Crippen MR) is 54.9 cm³/mol. The van der Waals surface area contributed by atoms with Crippen LogP contribution in [0.3, 0.4) is 0 Å². The lowest BCUT2D eigenvalue weighted by atomic mass is 10.1. The maximum absolute atomic E-state index is 13.1. The topological polar surface area (TPSA) is 25.8 Å². The molecule has 1 aromatic heterocycles. The molecule has 0 aliphatic carbocycles. The summed E-state index contributed by atoms with van der Waals surface area (Å²) in [5.41, 5.74) is 0.323. The number of hydrogen-bond donors (Lipinski definition) is 0. The third-order valence-electron chi connectivity index (χ3n) is 1.97. The molecule has 1 aromatic rings. The molecule has 0 unspecified atom stereocenters. The van der Waals surface area contributed by atoms with Gasteiger partial charge in [-0.2, -0.15) is 0 Å². The average Bonchev–Trinajstić information content (AvgIpc) is 2.10. The van der Waals surface area contributed by atoms with Crippen molar-refractivity contribution in [1.29, 1.82) is 0 Å². The van der Waals surface area contributed by atoms with Crippen molar-refractivity contribution in [3.05, 3.63) is 22.5 Å². The largest absolute Gasteiger partial charge is 0.235 e. The summed E-state index contributed by atoms with van der Waals surface area (Å²) in [5.74, 6) is 0.699. The number of rotatable bonds is 3. The van der Waals surface area contributed by atoms with Gasteiger partial charge in [0.1, 0.15) is 5.82 Å². The van der Waals surface area contributed by atoms with Crippen molar-refractivity contribution < 1.29 is 4.39 Å². The van der Waals surface area contributed by atoms with Gasteiger partial charge >= 0.3 is 0 Å². The second-order valence-corrected chi connectivity index (χ2v) is 4.12. The number of aryl methyl sites for hydroxylation is 2. The Labute approximate surface area is 88.5 Å². The van der Waals surface area contributed by atoms with Crippen LogP contribution < -0.4 is 0 Å². The molecule has 0 amide bonds. The summed E-state index contributed by atoms with van der Waals surface area (Å²) >= 11 is 5.61. The molecule has 0 spiro atoms. The molecule has 14 heavy (non-hydrogen) atoms. The van der Waals surface area contributed by atoms with Crippen molar-refractivity contribution in [3.63, 3.8) is 0 Å². The van der Waals surface area contributed by atoms with Crippen LogP contribution in [-0.4, -0.2) is 9.97 Å². The molecule has 1 rings (SSSR count). The highest BCUT2D eigenvalue weighted by atomic mass is 35.5. The normalized spacial score (nSPS) is 11.0. The van der Waals surface area contributed by atoms with Crippen molar-refractivity contribution >= 4 is 11.6 Å². The Morgan fingerprint density at radius 1 is 1.36 bits per heavy atom. The van der Waals surface area contributed by atoms with E-state index >= 15 is 0 Å². The fourth-order valence-electron chi connectivity index (χ4n) is 1.11. The van der Waals surface area contributed by atoms with Crippen LogP contribution in [-0.2, 0) is 6.42 Å². The summed E-state index contributed by atoms with van der Waals surface area (Å²) in [6.45, 7) is 5.84. The molecule has 0 aliphatic rings. The average molecular weight is 217 g/mol. The summed E-state index contributed by atoms with van der Waals surface area (Å²) in [5, 5.41) is -0.0729. The Balaban J connectivity index is 2.79. The van der Waals surface area contributed by atoms with Crippen LogP contribution in [0.1, 0.15) is 31.8 Å². The van der Waals surface area contributed by atoms with E-state index in [4.69, 9.17) is 11.6 Å². The first kappa shape index (κ1) is 11.4. The van der Waals surface area contributed by atoms with E-state index in [9.17, 15) is 4.39 Å². The SMILES string of the molecule is Cc1nc(CCC(C)C)nc(Cl)c1F. The van der Waals surface area contributed by atoms with E-state index in [-0.39, 0.29) is 5.15 Å². The molecule has 0 aromatic carbocycles. The van der Waals surface area contributed by atoms with Gasteiger partial charge in [0.2, 0.25) is 0 Å². The van der Waals surface area contributed by atoms with Crippen molar-refractivity contribution in [2.45, 2.75) is 33.6 Å². The number of aromatic nitrogens is 2. The van der Waals surface area contributed by atoms with Crippen molar-refractivity contribution in [3.8, 4) is 0 Å². The number of hydrogen-bond acceptors (Lipinski definition) is 2. The second kappa shape index (κ2) is 4.69. The lowest BCUT2D eigenvalue weighted by Gasteiger charge is -2.05. The van der Waals surface area contributed by atoms with E-state index in [0.717, 1.165) is 12.8 Å². The van der Waals surface area contributed by atoms with Crippen LogP contribution in [0.5, 0.6) is 0 Å². The maximum atomic E-state index is 13.1. The predicted octanol–water partition coefficient (Wildman–Crippen LogP) is 3.17. The van der Waals surface area contributed by atoms with Gasteiger partial charge in [-0.05, 0) is 19.3 Å². The summed E-state index contributed by atoms with van der Waals surface area (Å²) < 4.78 is 13.1. The summed E-state index contributed by atoms with van der Waals surface area (Å²) in [6, 6.07) is 0. The highest BCUT2D eigenvalue weighted by Crippen LogP contribution is 2.15. The smallest absolute Gasteiger partial charge is 0.181 e. The van der Waals surface area contributed by atoms with Crippen LogP contribution in [0.15, 0.2) is 0 Å². The first-order valence-electron chi connectivity index (χ1n) is 4.69. The molecular formula is C10H14ClFN2. The van der Waals surface area contributed by atoms with Crippen molar-refractivity contribution in [1.82, 2.24) is 9.97 Å². The number of halogens is 2. The lowest BCUT2D eigenvalue weighted by Crippen LogP contribution is -2.03. The Hall–Kier alpha value is -0.700. The summed E-state index contributed by atoms with van der Waals surface area (Å²) in [7, 11) is 0. The Bertz CT molecular complexity index is 303. The van der Waals surface area contributed by atoms with E-state index < -0.39 is 5.82 Å². The third kappa shape index (κ3) is 2.91. The standard InChI is InChI=1S/C10H14ClFN2/c1-6(2)4-5-8-13-7(3)9(12)10(11)14-8/h6H,4-5H2,1-3H3. The van der Waals surface area contributed by atoms with Crippen LogP contribution in [0.4, 0.5) is 4.39 Å². The minimum absolute atomic E-state index is 0.0729. The van der Waals surface area contributed by atoms with Crippen LogP contribution >= 0.6 is 11.6 Å². The Morgan fingerprint density at radius 2 is 2.00 bits per heavy atom. The van der Waals surface area contributed by atoms with Gasteiger partial charge < -0.3 is 0 Å². The number of nitrogens with zero attached hydrogens (tertiary/aromatic N) is 2. The zero-order chi connectivity index (χ0) is 10.7. The fraction of sp³-hybridized carbons (Fsp3) is 0.600. The van der Waals surface area contributed by atoms with E-state index in [1.54, 1.807) is 6.92 Å². The summed E-state index contributed by atoms with van der Waals surface area (Å²) in [4.78, 5) is 7.92. The third-order valence-corrected chi connectivity index (χ3v) is 2.22. The molecule has 0 aliphatic heterocycles. The quantitative estimate of drug-likeness (QED) is 0.726. The van der Waals surface area contributed by atoms with Gasteiger partial charge in [-0.3, -0.25) is 0 Å². The van der Waals surface area contributed by atoms with E-state index in [2.05, 4.69) is 23.8 Å². The molecule has 78 valence electrons. The maximum Gasteiger partial charge on any atom is 0.181 e. The molecule has 0 radical (unpaired) electrons. The van der Waals surface area contributed by atoms with Gasteiger partial charge in [-0.25, -0.2) is 14.4 Å². The zero-order valence-electron chi connectivity index (χ0n) is 8.64. The van der Waals surface area contributed by atoms with Gasteiger partial charge in [-0.1, -0.05) is 25.4 Å². The van der Waals surface area contributed by atoms with E-state index in [1.807, 2.05) is 0 Å². The molecule has 1 heterocycles. The molecule has 0 saturated carbocycles. The van der Waals surface area contributed by atoms with Crippen LogP contribution in [0.25, 0.3) is 0 Å². The van der Waals surface area contributed by atoms with E-state index in [1.165, 1.54) is 0 Å². The van der Waals surface area contributed by atoms with Gasteiger partial charge in [0.05, 0.1) is 5.69 Å². The monoisotopic (exact) mass is 216 g/mol. The first-order chi connectivity index (χ1) is 6.50. The van der Waals surface area contributed by atoms with Gasteiger partial charge in [0.15, 0.2) is 11.0 Å². The van der Waals surface area contributed by atoms with Gasteiger partial charge in [-0.15, -0.1) is 0 Å². The highest BCUT2D eigenvalue weighted by molar-refractivity contribution is 6.29. The van der Waals surface area contributed by atoms with Crippen molar-refractivity contribution in [2.75, 3.05) is 0 Å². The van der Waals surface area contributed by atoms with Crippen molar-refractivity contribution in [2.24, 2.45) is 5.92 Å². The minimum Gasteiger partial charge on any atom is -0.235 e. The molecule has 4 heteroatoms. The first-order valence-corrected chi connectivity index (χ1v) is 5.07. The summed E-state index contributed by atoms with van der Waals surface area (Å²) in [6.07, 6.45) is 1.74. The van der Waals surface area contributed by atoms with Crippen LogP contribution in [0.2, 0.25) is 5.15 Å². The van der Waals surface area contributed by atoms with Gasteiger partial charge in [0, 0.05) is 6.42 Å².